The van der Waals surface area contributed by atoms with Crippen LogP contribution in [0.1, 0.15) is 34.7 Å². The zero-order chi connectivity index (χ0) is 16.3. The Bertz CT molecular complexity index is 749. The Morgan fingerprint density at radius 1 is 1.18 bits per heavy atom. The van der Waals surface area contributed by atoms with Crippen molar-refractivity contribution in [3.63, 3.8) is 0 Å². The Morgan fingerprint density at radius 2 is 1.82 bits per heavy atom. The van der Waals surface area contributed by atoms with Gasteiger partial charge in [0.05, 0.1) is 29.1 Å². The summed E-state index contributed by atoms with van der Waals surface area (Å²) in [5.74, 6) is -1.35. The quantitative estimate of drug-likeness (QED) is 0.516. The van der Waals surface area contributed by atoms with E-state index in [1.54, 1.807) is 13.8 Å². The highest BCUT2D eigenvalue weighted by Crippen LogP contribution is 2.31. The zero-order valence-corrected chi connectivity index (χ0v) is 12.0. The lowest BCUT2D eigenvalue weighted by molar-refractivity contribution is -0.383. The van der Waals surface area contributed by atoms with Crippen molar-refractivity contribution in [2.45, 2.75) is 13.8 Å². The molecule has 8 nitrogen and oxygen atoms in total. The fraction of sp³-hybridized carbons (Fsp3) is 0.286. The van der Waals surface area contributed by atoms with Crippen LogP contribution < -0.4 is 0 Å². The molecule has 2 rings (SSSR count). The first-order chi connectivity index (χ1) is 10.5. The molecule has 1 aromatic carbocycles. The molecule has 0 atom stereocenters. The van der Waals surface area contributed by atoms with Gasteiger partial charge in [-0.2, -0.15) is 0 Å². The monoisotopic (exact) mass is 306 g/mol. The fourth-order valence-electron chi connectivity index (χ4n) is 2.10. The number of hydrogen-bond acceptors (Lipinski definition) is 6. The Hall–Kier alpha value is -2.90. The van der Waals surface area contributed by atoms with Crippen molar-refractivity contribution in [3.05, 3.63) is 39.7 Å². The summed E-state index contributed by atoms with van der Waals surface area (Å²) in [7, 11) is 0. The summed E-state index contributed by atoms with van der Waals surface area (Å²) in [5.41, 5.74) is -0.320. The molecule has 0 bridgehead atoms. The number of rotatable bonds is 5. The molecular formula is C14H14N2O6. The van der Waals surface area contributed by atoms with Gasteiger partial charge in [0.1, 0.15) is 5.69 Å². The third-order valence-electron chi connectivity index (χ3n) is 2.96. The first kappa shape index (κ1) is 15.5. The number of aromatic amines is 1. The summed E-state index contributed by atoms with van der Waals surface area (Å²) in [4.78, 5) is 36.9. The second-order valence-corrected chi connectivity index (χ2v) is 4.32. The van der Waals surface area contributed by atoms with Crippen molar-refractivity contribution in [2.24, 2.45) is 0 Å². The molecule has 0 aliphatic rings. The molecule has 0 fully saturated rings. The molecular weight excluding hydrogens is 292 g/mol. The van der Waals surface area contributed by atoms with E-state index in [9.17, 15) is 19.7 Å². The first-order valence-corrected chi connectivity index (χ1v) is 6.63. The maximum atomic E-state index is 11.8. The number of ether oxygens (including phenoxy) is 2. The third kappa shape index (κ3) is 2.76. The number of carbonyl (C=O) groups is 2. The maximum Gasteiger partial charge on any atom is 0.355 e. The number of nitrogens with one attached hydrogen (secondary N) is 1. The van der Waals surface area contributed by atoms with Gasteiger partial charge in [-0.3, -0.25) is 10.1 Å². The first-order valence-electron chi connectivity index (χ1n) is 6.63. The number of esters is 2. The predicted octanol–water partition coefficient (Wildman–Crippen LogP) is 2.43. The van der Waals surface area contributed by atoms with Crippen molar-refractivity contribution in [1.29, 1.82) is 0 Å². The van der Waals surface area contributed by atoms with E-state index in [2.05, 4.69) is 4.98 Å². The standard InChI is InChI=1S/C14H14N2O6/c1-3-21-13(17)8-5-9-7-15-12(14(18)22-4-2)11(9)10(6-8)16(19)20/h5-7,15H,3-4H2,1-2H3. The van der Waals surface area contributed by atoms with Crippen LogP contribution in [-0.2, 0) is 9.47 Å². The van der Waals surface area contributed by atoms with Crippen LogP contribution in [-0.4, -0.2) is 35.1 Å². The molecule has 22 heavy (non-hydrogen) atoms. The van der Waals surface area contributed by atoms with Crippen LogP contribution in [0.3, 0.4) is 0 Å². The Morgan fingerprint density at radius 3 is 2.41 bits per heavy atom. The van der Waals surface area contributed by atoms with Crippen LogP contribution >= 0.6 is 0 Å². The van der Waals surface area contributed by atoms with Crippen LogP contribution in [0.5, 0.6) is 0 Å². The highest BCUT2D eigenvalue weighted by Gasteiger charge is 2.25. The van der Waals surface area contributed by atoms with Gasteiger partial charge in [0.2, 0.25) is 0 Å². The van der Waals surface area contributed by atoms with E-state index in [1.165, 1.54) is 12.3 Å². The van der Waals surface area contributed by atoms with Crippen LogP contribution in [0.15, 0.2) is 18.3 Å². The van der Waals surface area contributed by atoms with Gasteiger partial charge in [-0.15, -0.1) is 0 Å². The van der Waals surface area contributed by atoms with Gasteiger partial charge in [-0.1, -0.05) is 0 Å². The summed E-state index contributed by atoms with van der Waals surface area (Å²) < 4.78 is 9.70. The summed E-state index contributed by atoms with van der Waals surface area (Å²) in [6.07, 6.45) is 1.41. The van der Waals surface area contributed by atoms with Gasteiger partial charge in [-0.25, -0.2) is 9.59 Å². The molecule has 8 heteroatoms. The van der Waals surface area contributed by atoms with Crippen molar-refractivity contribution < 1.29 is 24.0 Å². The molecule has 0 saturated heterocycles. The topological polar surface area (TPSA) is 112 Å². The fourth-order valence-corrected chi connectivity index (χ4v) is 2.10. The number of non-ortho nitro benzene ring substituents is 1. The normalized spacial score (nSPS) is 10.5. The van der Waals surface area contributed by atoms with Gasteiger partial charge in [0, 0.05) is 17.6 Å². The van der Waals surface area contributed by atoms with Crippen LogP contribution in [0, 0.1) is 10.1 Å². The Kier molecular flexibility index (Phi) is 4.40. The van der Waals surface area contributed by atoms with E-state index in [1.807, 2.05) is 0 Å². The number of benzene rings is 1. The number of hydrogen-bond donors (Lipinski definition) is 1. The van der Waals surface area contributed by atoms with Gasteiger partial charge >= 0.3 is 11.9 Å². The summed E-state index contributed by atoms with van der Waals surface area (Å²) >= 11 is 0. The van der Waals surface area contributed by atoms with Crippen molar-refractivity contribution in [3.8, 4) is 0 Å². The number of aromatic nitrogens is 1. The van der Waals surface area contributed by atoms with E-state index in [0.717, 1.165) is 6.07 Å². The second-order valence-electron chi connectivity index (χ2n) is 4.32. The summed E-state index contributed by atoms with van der Waals surface area (Å²) in [6.45, 7) is 3.58. The van der Waals surface area contributed by atoms with Gasteiger partial charge in [-0.05, 0) is 19.9 Å². The molecule has 0 spiro atoms. The van der Waals surface area contributed by atoms with Crippen LogP contribution in [0.25, 0.3) is 10.8 Å². The van der Waals surface area contributed by atoms with Gasteiger partial charge in [0.15, 0.2) is 0 Å². The number of fused-ring (bicyclic) bond motifs is 1. The molecule has 0 radical (unpaired) electrons. The molecule has 1 N–H and O–H groups in total. The van der Waals surface area contributed by atoms with Gasteiger partial charge in [0.25, 0.3) is 5.69 Å². The van der Waals surface area contributed by atoms with E-state index in [4.69, 9.17) is 9.47 Å². The number of carbonyl (C=O) groups excluding carboxylic acids is 2. The Balaban J connectivity index is 2.64. The van der Waals surface area contributed by atoms with Crippen molar-refractivity contribution >= 4 is 28.4 Å². The number of nitro groups is 1. The minimum atomic E-state index is -0.690. The Labute approximate surface area is 125 Å². The van der Waals surface area contributed by atoms with E-state index >= 15 is 0 Å². The molecule has 0 aliphatic heterocycles. The largest absolute Gasteiger partial charge is 0.462 e. The molecule has 2 aromatic rings. The smallest absolute Gasteiger partial charge is 0.355 e. The summed E-state index contributed by atoms with van der Waals surface area (Å²) in [6, 6.07) is 2.52. The highest BCUT2D eigenvalue weighted by atomic mass is 16.6. The van der Waals surface area contributed by atoms with E-state index < -0.39 is 16.9 Å². The zero-order valence-electron chi connectivity index (χ0n) is 12.0. The van der Waals surface area contributed by atoms with Crippen LogP contribution in [0.2, 0.25) is 0 Å². The molecule has 0 aliphatic carbocycles. The van der Waals surface area contributed by atoms with Crippen LogP contribution in [0.4, 0.5) is 5.69 Å². The number of nitrogens with zero attached hydrogens (tertiary/aromatic N) is 1. The summed E-state index contributed by atoms with van der Waals surface area (Å²) in [5, 5.41) is 11.7. The number of nitro benzene ring substituents is 1. The molecule has 0 amide bonds. The van der Waals surface area contributed by atoms with E-state index in [0.29, 0.717) is 5.39 Å². The lowest BCUT2D eigenvalue weighted by Gasteiger charge is -2.04. The van der Waals surface area contributed by atoms with Crippen molar-refractivity contribution in [1.82, 2.24) is 4.98 Å². The SMILES string of the molecule is CCOC(=O)c1cc([N+](=O)[O-])c2c(C(=O)OCC)[nH]cc2c1. The molecule has 1 heterocycles. The third-order valence-corrected chi connectivity index (χ3v) is 2.96. The molecule has 1 aromatic heterocycles. The van der Waals surface area contributed by atoms with Crippen molar-refractivity contribution in [2.75, 3.05) is 13.2 Å². The average molecular weight is 306 g/mol. The molecule has 0 saturated carbocycles. The maximum absolute atomic E-state index is 11.8. The average Bonchev–Trinajstić information content (AvgIpc) is 2.90. The van der Waals surface area contributed by atoms with E-state index in [-0.39, 0.29) is 35.5 Å². The van der Waals surface area contributed by atoms with Gasteiger partial charge < -0.3 is 14.5 Å². The molecule has 116 valence electrons. The second kappa shape index (κ2) is 6.25. The highest BCUT2D eigenvalue weighted by molar-refractivity contribution is 6.09. The minimum Gasteiger partial charge on any atom is -0.462 e. The number of H-pyrrole nitrogens is 1. The lowest BCUT2D eigenvalue weighted by atomic mass is 10.1. The molecule has 0 unspecified atom stereocenters. The minimum absolute atomic E-state index is 0.0149. The lowest BCUT2D eigenvalue weighted by Crippen LogP contribution is -2.07. The predicted molar refractivity (Wildman–Crippen MR) is 76.9 cm³/mol.